The van der Waals surface area contributed by atoms with Crippen LogP contribution in [0, 0.1) is 0 Å². The van der Waals surface area contributed by atoms with Crippen LogP contribution >= 0.6 is 0 Å². The minimum atomic E-state index is -3.91. The molecule has 0 aromatic carbocycles. The molecule has 96 valence electrons. The van der Waals surface area contributed by atoms with Crippen LogP contribution in [-0.4, -0.2) is 23.6 Å². The lowest BCUT2D eigenvalue weighted by Gasteiger charge is -1.97. The highest BCUT2D eigenvalue weighted by Gasteiger charge is 2.24. The van der Waals surface area contributed by atoms with Crippen LogP contribution in [0.25, 0.3) is 11.1 Å². The van der Waals surface area contributed by atoms with Gasteiger partial charge in [-0.1, -0.05) is 0 Å². The monoisotopic (exact) mass is 277 g/mol. The van der Waals surface area contributed by atoms with Gasteiger partial charge in [-0.25, -0.2) is 18.5 Å². The molecule has 0 aliphatic heterocycles. The fourth-order valence-corrected chi connectivity index (χ4v) is 2.66. The summed E-state index contributed by atoms with van der Waals surface area (Å²) in [5.74, 6) is 0. The Kier molecular flexibility index (Phi) is 2.46. The highest BCUT2D eigenvalue weighted by molar-refractivity contribution is 7.91. The SMILES string of the molecule is O=c1ccc(S(=O)(=O)c2cc3cccnc3o2)n[nH]1. The van der Waals surface area contributed by atoms with Crippen LogP contribution < -0.4 is 5.56 Å². The Balaban J connectivity index is 2.19. The van der Waals surface area contributed by atoms with Crippen LogP contribution in [0.3, 0.4) is 0 Å². The molecule has 0 fully saturated rings. The van der Waals surface area contributed by atoms with Gasteiger partial charge < -0.3 is 4.42 Å². The van der Waals surface area contributed by atoms with E-state index in [0.717, 1.165) is 12.1 Å². The van der Waals surface area contributed by atoms with Gasteiger partial charge in [0, 0.05) is 23.7 Å². The molecule has 0 aliphatic carbocycles. The molecule has 0 saturated carbocycles. The minimum Gasteiger partial charge on any atom is -0.426 e. The van der Waals surface area contributed by atoms with Crippen molar-refractivity contribution < 1.29 is 12.8 Å². The molecule has 3 heterocycles. The number of fused-ring (bicyclic) bond motifs is 1. The number of furan rings is 1. The van der Waals surface area contributed by atoms with E-state index in [1.165, 1.54) is 12.3 Å². The third-order valence-electron chi connectivity index (χ3n) is 2.46. The van der Waals surface area contributed by atoms with Gasteiger partial charge >= 0.3 is 0 Å². The smallest absolute Gasteiger partial charge is 0.264 e. The summed E-state index contributed by atoms with van der Waals surface area (Å²) in [5.41, 5.74) is -0.254. The molecule has 3 aromatic heterocycles. The minimum absolute atomic E-state index is 0.227. The summed E-state index contributed by atoms with van der Waals surface area (Å²) in [6.07, 6.45) is 1.50. The van der Waals surface area contributed by atoms with Gasteiger partial charge in [0.15, 0.2) is 5.03 Å². The maximum atomic E-state index is 12.2. The van der Waals surface area contributed by atoms with Gasteiger partial charge in [0.2, 0.25) is 10.8 Å². The first-order valence-corrected chi connectivity index (χ1v) is 6.71. The van der Waals surface area contributed by atoms with Crippen LogP contribution in [0.2, 0.25) is 0 Å². The zero-order chi connectivity index (χ0) is 13.5. The number of pyridine rings is 1. The summed E-state index contributed by atoms with van der Waals surface area (Å²) in [6.45, 7) is 0. The topological polar surface area (TPSA) is 106 Å². The number of rotatable bonds is 2. The predicted octanol–water partition coefficient (Wildman–Crippen LogP) is 0.744. The summed E-state index contributed by atoms with van der Waals surface area (Å²) in [5, 5.41) is 5.58. The molecule has 19 heavy (non-hydrogen) atoms. The molecule has 0 atom stereocenters. The number of nitrogens with zero attached hydrogens (tertiary/aromatic N) is 2. The summed E-state index contributed by atoms with van der Waals surface area (Å²) >= 11 is 0. The van der Waals surface area contributed by atoms with Gasteiger partial charge in [-0.2, -0.15) is 5.10 Å². The molecule has 0 bridgehead atoms. The molecule has 3 rings (SSSR count). The highest BCUT2D eigenvalue weighted by Crippen LogP contribution is 2.24. The molecule has 7 nitrogen and oxygen atoms in total. The van der Waals surface area contributed by atoms with Gasteiger partial charge in [0.05, 0.1) is 0 Å². The van der Waals surface area contributed by atoms with Crippen LogP contribution in [0.5, 0.6) is 0 Å². The molecule has 0 saturated heterocycles. The Labute approximate surface area is 106 Å². The maximum Gasteiger partial charge on any atom is 0.264 e. The van der Waals surface area contributed by atoms with Gasteiger partial charge in [0.25, 0.3) is 15.4 Å². The fraction of sp³-hybridized carbons (Fsp3) is 0. The lowest BCUT2D eigenvalue weighted by atomic mass is 10.3. The third-order valence-corrected chi connectivity index (χ3v) is 3.97. The second-order valence-corrected chi connectivity index (χ2v) is 5.55. The van der Waals surface area contributed by atoms with Crippen LogP contribution in [0.1, 0.15) is 0 Å². The molecule has 0 amide bonds. The van der Waals surface area contributed by atoms with Gasteiger partial charge in [-0.3, -0.25) is 4.79 Å². The largest absolute Gasteiger partial charge is 0.426 e. The first-order valence-electron chi connectivity index (χ1n) is 5.23. The Hall–Kier alpha value is -2.48. The van der Waals surface area contributed by atoms with E-state index in [2.05, 4.69) is 15.2 Å². The molecule has 0 radical (unpaired) electrons. The zero-order valence-corrected chi connectivity index (χ0v) is 10.2. The normalized spacial score (nSPS) is 11.8. The molecule has 0 unspecified atom stereocenters. The average molecular weight is 277 g/mol. The molecule has 0 aliphatic rings. The van der Waals surface area contributed by atoms with Gasteiger partial charge in [0.1, 0.15) is 0 Å². The fourth-order valence-electron chi connectivity index (χ4n) is 1.57. The van der Waals surface area contributed by atoms with Crippen molar-refractivity contribution in [3.63, 3.8) is 0 Å². The molecule has 3 aromatic rings. The number of hydrogen-bond acceptors (Lipinski definition) is 6. The zero-order valence-electron chi connectivity index (χ0n) is 9.40. The molecular weight excluding hydrogens is 270 g/mol. The van der Waals surface area contributed by atoms with Crippen LogP contribution in [-0.2, 0) is 9.84 Å². The van der Waals surface area contributed by atoms with Crippen molar-refractivity contribution in [1.82, 2.24) is 15.2 Å². The summed E-state index contributed by atoms with van der Waals surface area (Å²) in [7, 11) is -3.91. The van der Waals surface area contributed by atoms with Crippen molar-refractivity contribution in [1.29, 1.82) is 0 Å². The number of aromatic nitrogens is 3. The van der Waals surface area contributed by atoms with Crippen molar-refractivity contribution in [2.45, 2.75) is 10.1 Å². The first-order chi connectivity index (χ1) is 9.07. The number of sulfone groups is 1. The Morgan fingerprint density at radius 2 is 2.05 bits per heavy atom. The van der Waals surface area contributed by atoms with E-state index in [-0.39, 0.29) is 15.8 Å². The van der Waals surface area contributed by atoms with Gasteiger partial charge in [-0.05, 0) is 18.2 Å². The number of aromatic amines is 1. The number of hydrogen-bond donors (Lipinski definition) is 1. The van der Waals surface area contributed by atoms with Crippen molar-refractivity contribution in [2.75, 3.05) is 0 Å². The molecule has 1 N–H and O–H groups in total. The average Bonchev–Trinajstić information content (AvgIpc) is 2.83. The molecule has 8 heteroatoms. The van der Waals surface area contributed by atoms with Crippen molar-refractivity contribution >= 4 is 20.9 Å². The highest BCUT2D eigenvalue weighted by atomic mass is 32.2. The standard InChI is InChI=1S/C11H7N3O4S/c15-8-3-4-9(14-13-8)19(16,17)10-6-7-2-1-5-12-11(7)18-10/h1-6H,(H,13,15). The van der Waals surface area contributed by atoms with Crippen molar-refractivity contribution in [2.24, 2.45) is 0 Å². The number of H-pyrrole nitrogens is 1. The van der Waals surface area contributed by atoms with Crippen LogP contribution in [0.4, 0.5) is 0 Å². The summed E-state index contributed by atoms with van der Waals surface area (Å²) in [4.78, 5) is 14.8. The third kappa shape index (κ3) is 1.91. The summed E-state index contributed by atoms with van der Waals surface area (Å²) in [6, 6.07) is 6.93. The summed E-state index contributed by atoms with van der Waals surface area (Å²) < 4.78 is 29.6. The molecule has 0 spiro atoms. The van der Waals surface area contributed by atoms with E-state index in [1.54, 1.807) is 12.1 Å². The molecular formula is C11H7N3O4S. The van der Waals surface area contributed by atoms with E-state index in [1.807, 2.05) is 0 Å². The Bertz CT molecular complexity index is 857. The second kappa shape index (κ2) is 4.02. The first kappa shape index (κ1) is 11.6. The Morgan fingerprint density at radius 3 is 2.74 bits per heavy atom. The van der Waals surface area contributed by atoms with Crippen molar-refractivity contribution in [3.05, 3.63) is 46.9 Å². The predicted molar refractivity (Wildman–Crippen MR) is 64.3 cm³/mol. The van der Waals surface area contributed by atoms with Crippen molar-refractivity contribution in [3.8, 4) is 0 Å². The van der Waals surface area contributed by atoms with E-state index in [4.69, 9.17) is 4.42 Å². The van der Waals surface area contributed by atoms with E-state index in [9.17, 15) is 13.2 Å². The van der Waals surface area contributed by atoms with E-state index in [0.29, 0.717) is 5.39 Å². The van der Waals surface area contributed by atoms with Crippen LogP contribution in [0.15, 0.2) is 55.9 Å². The quantitative estimate of drug-likeness (QED) is 0.740. The lowest BCUT2D eigenvalue weighted by Crippen LogP contribution is -2.11. The number of nitrogens with one attached hydrogen (secondary N) is 1. The maximum absolute atomic E-state index is 12.2. The van der Waals surface area contributed by atoms with E-state index < -0.39 is 15.4 Å². The van der Waals surface area contributed by atoms with Gasteiger partial charge in [-0.15, -0.1) is 0 Å². The Morgan fingerprint density at radius 1 is 1.21 bits per heavy atom. The second-order valence-electron chi connectivity index (χ2n) is 3.73. The van der Waals surface area contributed by atoms with E-state index >= 15 is 0 Å². The lowest BCUT2D eigenvalue weighted by molar-refractivity contribution is 0.473.